The molecular weight excluding hydrogens is 408 g/mol. The summed E-state index contributed by atoms with van der Waals surface area (Å²) in [6.07, 6.45) is 0. The molecule has 5 heteroatoms. The monoisotopic (exact) mass is 442 g/mol. The van der Waals surface area contributed by atoms with Crippen LogP contribution in [0.1, 0.15) is 28.3 Å². The van der Waals surface area contributed by atoms with Crippen molar-refractivity contribution < 1.29 is 4.79 Å². The highest BCUT2D eigenvalue weighted by Gasteiger charge is 2.38. The molecule has 1 saturated heterocycles. The van der Waals surface area contributed by atoms with Gasteiger partial charge in [0, 0.05) is 39.8 Å². The molecule has 0 bridgehead atoms. The molecular formula is C28H34N4O. The molecule has 3 N–H and O–H groups in total. The molecule has 0 saturated carbocycles. The number of carbonyl (C=O) groups is 1. The molecule has 0 spiro atoms. The zero-order valence-corrected chi connectivity index (χ0v) is 19.6. The maximum Gasteiger partial charge on any atom is 0.245 e. The normalized spacial score (nSPS) is 17.0. The zero-order chi connectivity index (χ0) is 23.3. The van der Waals surface area contributed by atoms with Crippen LogP contribution in [-0.4, -0.2) is 55.5 Å². The molecule has 0 aromatic heterocycles. The van der Waals surface area contributed by atoms with Gasteiger partial charge in [0.1, 0.15) is 5.54 Å². The molecule has 1 atom stereocenters. The Hall–Kier alpha value is -2.99. The van der Waals surface area contributed by atoms with Gasteiger partial charge >= 0.3 is 0 Å². The van der Waals surface area contributed by atoms with Crippen LogP contribution in [0.25, 0.3) is 0 Å². The number of carbonyl (C=O) groups excluding carboxylic acids is 1. The standard InChI is InChI=1S/C28H34N4O/c1-22-13-15-25(16-14-22)28(29,27(33)30-2)21-31-17-19-32(20-18-31)26(23-9-5-3-6-10-23)24-11-7-4-8-12-24/h3-16,26H,17-21,29H2,1-2H3,(H,30,33). The number of benzene rings is 3. The molecule has 172 valence electrons. The van der Waals surface area contributed by atoms with Crippen molar-refractivity contribution in [3.8, 4) is 0 Å². The van der Waals surface area contributed by atoms with Crippen LogP contribution >= 0.6 is 0 Å². The summed E-state index contributed by atoms with van der Waals surface area (Å²) >= 11 is 0. The first-order valence-electron chi connectivity index (χ1n) is 11.7. The van der Waals surface area contributed by atoms with E-state index in [1.807, 2.05) is 31.2 Å². The van der Waals surface area contributed by atoms with Crippen molar-refractivity contribution in [2.24, 2.45) is 5.73 Å². The Morgan fingerprint density at radius 1 is 0.879 bits per heavy atom. The van der Waals surface area contributed by atoms with Gasteiger partial charge in [0.05, 0.1) is 6.04 Å². The van der Waals surface area contributed by atoms with Crippen molar-refractivity contribution in [3.05, 3.63) is 107 Å². The van der Waals surface area contributed by atoms with Crippen LogP contribution in [-0.2, 0) is 10.3 Å². The molecule has 4 rings (SSSR count). The number of nitrogens with two attached hydrogens (primary N) is 1. The number of hydrogen-bond acceptors (Lipinski definition) is 4. The van der Waals surface area contributed by atoms with E-state index in [2.05, 4.69) is 75.8 Å². The van der Waals surface area contributed by atoms with Crippen molar-refractivity contribution in [3.63, 3.8) is 0 Å². The van der Waals surface area contributed by atoms with Gasteiger partial charge in [0.25, 0.3) is 0 Å². The van der Waals surface area contributed by atoms with Gasteiger partial charge in [0.15, 0.2) is 0 Å². The fourth-order valence-electron chi connectivity index (χ4n) is 4.79. The third-order valence-corrected chi connectivity index (χ3v) is 6.67. The Morgan fingerprint density at radius 3 is 1.88 bits per heavy atom. The predicted octanol–water partition coefficient (Wildman–Crippen LogP) is 3.30. The second kappa shape index (κ2) is 10.3. The van der Waals surface area contributed by atoms with Crippen LogP contribution < -0.4 is 11.1 Å². The van der Waals surface area contributed by atoms with Gasteiger partial charge in [-0.15, -0.1) is 0 Å². The van der Waals surface area contributed by atoms with Crippen LogP contribution in [0, 0.1) is 6.92 Å². The molecule has 0 aliphatic carbocycles. The molecule has 1 heterocycles. The quantitative estimate of drug-likeness (QED) is 0.589. The first kappa shape index (κ1) is 23.2. The summed E-state index contributed by atoms with van der Waals surface area (Å²) in [6, 6.07) is 29.6. The van der Waals surface area contributed by atoms with Crippen molar-refractivity contribution in [1.82, 2.24) is 15.1 Å². The first-order chi connectivity index (χ1) is 16.0. The predicted molar refractivity (Wildman–Crippen MR) is 134 cm³/mol. The fourth-order valence-corrected chi connectivity index (χ4v) is 4.79. The molecule has 1 aliphatic heterocycles. The molecule has 1 unspecified atom stereocenters. The number of likely N-dealkylation sites (N-methyl/N-ethyl adjacent to an activating group) is 1. The number of amides is 1. The zero-order valence-electron chi connectivity index (χ0n) is 19.6. The third kappa shape index (κ3) is 5.17. The molecule has 1 aliphatic rings. The van der Waals surface area contributed by atoms with Gasteiger partial charge in [0.2, 0.25) is 5.91 Å². The molecule has 3 aromatic rings. The maximum atomic E-state index is 12.9. The van der Waals surface area contributed by atoms with Crippen molar-refractivity contribution in [2.75, 3.05) is 39.8 Å². The highest BCUT2D eigenvalue weighted by molar-refractivity contribution is 5.87. The molecule has 33 heavy (non-hydrogen) atoms. The van der Waals surface area contributed by atoms with Crippen LogP contribution in [0.5, 0.6) is 0 Å². The van der Waals surface area contributed by atoms with Gasteiger partial charge in [-0.25, -0.2) is 0 Å². The summed E-state index contributed by atoms with van der Waals surface area (Å²) in [5.74, 6) is -0.153. The van der Waals surface area contributed by atoms with E-state index >= 15 is 0 Å². The van der Waals surface area contributed by atoms with Crippen molar-refractivity contribution in [2.45, 2.75) is 18.5 Å². The van der Waals surface area contributed by atoms with E-state index in [0.29, 0.717) is 6.54 Å². The number of piperazine rings is 1. The highest BCUT2D eigenvalue weighted by Crippen LogP contribution is 2.30. The maximum absolute atomic E-state index is 12.9. The number of rotatable bonds is 7. The smallest absolute Gasteiger partial charge is 0.245 e. The molecule has 1 fully saturated rings. The average Bonchev–Trinajstić information content (AvgIpc) is 2.86. The molecule has 3 aromatic carbocycles. The molecule has 5 nitrogen and oxygen atoms in total. The topological polar surface area (TPSA) is 61.6 Å². The average molecular weight is 443 g/mol. The van der Waals surface area contributed by atoms with Crippen molar-refractivity contribution >= 4 is 5.91 Å². The lowest BCUT2D eigenvalue weighted by Crippen LogP contribution is -2.60. The Labute approximate surface area is 197 Å². The van der Waals surface area contributed by atoms with Gasteiger partial charge < -0.3 is 11.1 Å². The van der Waals surface area contributed by atoms with E-state index < -0.39 is 5.54 Å². The summed E-state index contributed by atoms with van der Waals surface area (Å²) < 4.78 is 0. The summed E-state index contributed by atoms with van der Waals surface area (Å²) in [7, 11) is 1.65. The van der Waals surface area contributed by atoms with Gasteiger partial charge in [-0.1, -0.05) is 90.5 Å². The SMILES string of the molecule is CNC(=O)C(N)(CN1CCN(C(c2ccccc2)c2ccccc2)CC1)c1ccc(C)cc1. The second-order valence-electron chi connectivity index (χ2n) is 8.95. The number of hydrogen-bond donors (Lipinski definition) is 2. The lowest BCUT2D eigenvalue weighted by molar-refractivity contribution is -0.127. The Morgan fingerprint density at radius 2 is 1.39 bits per heavy atom. The van der Waals surface area contributed by atoms with Crippen LogP contribution in [0.15, 0.2) is 84.9 Å². The Balaban J connectivity index is 1.51. The first-order valence-corrected chi connectivity index (χ1v) is 11.7. The summed E-state index contributed by atoms with van der Waals surface area (Å²) in [4.78, 5) is 17.7. The van der Waals surface area contributed by atoms with Gasteiger partial charge in [-0.3, -0.25) is 14.6 Å². The largest absolute Gasteiger partial charge is 0.357 e. The van der Waals surface area contributed by atoms with Crippen molar-refractivity contribution in [1.29, 1.82) is 0 Å². The highest BCUT2D eigenvalue weighted by atomic mass is 16.2. The van der Waals surface area contributed by atoms with Gasteiger partial charge in [-0.2, -0.15) is 0 Å². The van der Waals surface area contributed by atoms with E-state index in [9.17, 15) is 4.79 Å². The molecule has 0 radical (unpaired) electrons. The number of nitrogens with one attached hydrogen (secondary N) is 1. The minimum Gasteiger partial charge on any atom is -0.357 e. The van der Waals surface area contributed by atoms with E-state index in [1.54, 1.807) is 7.05 Å². The van der Waals surface area contributed by atoms with E-state index in [-0.39, 0.29) is 11.9 Å². The number of aryl methyl sites for hydroxylation is 1. The van der Waals surface area contributed by atoms with Crippen LogP contribution in [0.4, 0.5) is 0 Å². The minimum absolute atomic E-state index is 0.153. The van der Waals surface area contributed by atoms with E-state index in [0.717, 1.165) is 37.3 Å². The van der Waals surface area contributed by atoms with Crippen LogP contribution in [0.3, 0.4) is 0 Å². The fraction of sp³-hybridized carbons (Fsp3) is 0.321. The summed E-state index contributed by atoms with van der Waals surface area (Å²) in [6.45, 7) is 6.07. The lowest BCUT2D eigenvalue weighted by Gasteiger charge is -2.42. The lowest BCUT2D eigenvalue weighted by atomic mass is 9.88. The Kier molecular flexibility index (Phi) is 7.23. The number of nitrogens with zero attached hydrogens (tertiary/aromatic N) is 2. The summed E-state index contributed by atoms with van der Waals surface area (Å²) in [5.41, 5.74) is 10.3. The third-order valence-electron chi connectivity index (χ3n) is 6.67. The Bertz CT molecular complexity index is 991. The van der Waals surface area contributed by atoms with E-state index in [4.69, 9.17) is 5.73 Å². The second-order valence-corrected chi connectivity index (χ2v) is 8.95. The van der Waals surface area contributed by atoms with Crippen LogP contribution in [0.2, 0.25) is 0 Å². The molecule has 1 amide bonds. The summed E-state index contributed by atoms with van der Waals surface area (Å²) in [5, 5.41) is 2.78. The minimum atomic E-state index is -1.08. The van der Waals surface area contributed by atoms with Gasteiger partial charge in [-0.05, 0) is 23.6 Å². The van der Waals surface area contributed by atoms with E-state index in [1.165, 1.54) is 11.1 Å².